The van der Waals surface area contributed by atoms with E-state index in [1.165, 1.54) is 23.9 Å². The number of nitrogens with one attached hydrogen (secondary N) is 1. The summed E-state index contributed by atoms with van der Waals surface area (Å²) >= 11 is 4.62. The van der Waals surface area contributed by atoms with Crippen molar-refractivity contribution in [3.8, 4) is 0 Å². The summed E-state index contributed by atoms with van der Waals surface area (Å²) in [6.45, 7) is 0.441. The van der Waals surface area contributed by atoms with Gasteiger partial charge >= 0.3 is 0 Å². The van der Waals surface area contributed by atoms with Crippen molar-refractivity contribution in [1.82, 2.24) is 4.90 Å². The maximum absolute atomic E-state index is 13.3. The Morgan fingerprint density at radius 2 is 1.76 bits per heavy atom. The number of rotatable bonds is 6. The van der Waals surface area contributed by atoms with E-state index in [-0.39, 0.29) is 24.1 Å². The molecule has 1 atom stereocenters. The zero-order chi connectivity index (χ0) is 23.2. The van der Waals surface area contributed by atoms with Crippen LogP contribution in [0.4, 0.5) is 15.8 Å². The Balaban J connectivity index is 1.54. The Hall–Kier alpha value is -2.97. The number of aliphatic imine (C=N–C) groups is 1. The normalized spacial score (nSPS) is 17.3. The highest BCUT2D eigenvalue weighted by atomic mass is 79.9. The van der Waals surface area contributed by atoms with E-state index >= 15 is 0 Å². The van der Waals surface area contributed by atoms with Gasteiger partial charge in [0.25, 0.3) is 0 Å². The molecule has 1 fully saturated rings. The molecule has 4 rings (SSSR count). The van der Waals surface area contributed by atoms with Gasteiger partial charge in [0, 0.05) is 23.1 Å². The summed E-state index contributed by atoms with van der Waals surface area (Å²) in [5, 5.41) is 2.69. The summed E-state index contributed by atoms with van der Waals surface area (Å²) in [6, 6.07) is 22.9. The molecule has 2 amide bonds. The summed E-state index contributed by atoms with van der Waals surface area (Å²) in [6.07, 6.45) is 0.732. The van der Waals surface area contributed by atoms with E-state index in [0.717, 1.165) is 10.0 Å². The number of nitrogens with zero attached hydrogens (tertiary/aromatic N) is 2. The third kappa shape index (κ3) is 6.30. The molecule has 1 unspecified atom stereocenters. The number of anilines is 1. The summed E-state index contributed by atoms with van der Waals surface area (Å²) in [5.41, 5.74) is 2.27. The summed E-state index contributed by atoms with van der Waals surface area (Å²) in [5.74, 6) is -0.786. The molecule has 1 saturated heterocycles. The number of halogens is 2. The summed E-state index contributed by atoms with van der Waals surface area (Å²) in [7, 11) is 0. The largest absolute Gasteiger partial charge is 0.325 e. The molecule has 168 valence electrons. The molecular formula is C25H21BrFN3O2S. The molecule has 1 N–H and O–H groups in total. The van der Waals surface area contributed by atoms with E-state index in [9.17, 15) is 14.0 Å². The van der Waals surface area contributed by atoms with Crippen LogP contribution in [0.25, 0.3) is 0 Å². The fourth-order valence-electron chi connectivity index (χ4n) is 3.33. The van der Waals surface area contributed by atoms with Gasteiger partial charge in [-0.05, 0) is 60.5 Å². The molecule has 33 heavy (non-hydrogen) atoms. The van der Waals surface area contributed by atoms with E-state index in [1.807, 2.05) is 42.5 Å². The first kappa shape index (κ1) is 23.2. The molecule has 0 aromatic heterocycles. The minimum atomic E-state index is -0.617. The average molecular weight is 526 g/mol. The number of hydrogen-bond acceptors (Lipinski definition) is 4. The first-order valence-electron chi connectivity index (χ1n) is 10.4. The van der Waals surface area contributed by atoms with Gasteiger partial charge in [-0.2, -0.15) is 0 Å². The molecule has 1 aliphatic rings. The highest BCUT2D eigenvalue weighted by molar-refractivity contribution is 9.10. The fourth-order valence-corrected chi connectivity index (χ4v) is 4.72. The van der Waals surface area contributed by atoms with Crippen molar-refractivity contribution >= 4 is 56.0 Å². The molecule has 0 aliphatic carbocycles. The summed E-state index contributed by atoms with van der Waals surface area (Å²) in [4.78, 5) is 32.2. The Morgan fingerprint density at radius 3 is 2.45 bits per heavy atom. The molecule has 1 aliphatic heterocycles. The van der Waals surface area contributed by atoms with Crippen LogP contribution in [0.2, 0.25) is 0 Å². The van der Waals surface area contributed by atoms with Gasteiger partial charge in [0.05, 0.1) is 5.69 Å². The van der Waals surface area contributed by atoms with Gasteiger partial charge in [0.15, 0.2) is 5.17 Å². The van der Waals surface area contributed by atoms with Crippen LogP contribution in [0, 0.1) is 5.82 Å². The Bertz CT molecular complexity index is 1150. The molecule has 5 nitrogen and oxygen atoms in total. The van der Waals surface area contributed by atoms with E-state index in [4.69, 9.17) is 0 Å². The van der Waals surface area contributed by atoms with E-state index in [0.29, 0.717) is 29.5 Å². The molecule has 0 bridgehead atoms. The maximum Gasteiger partial charge on any atom is 0.238 e. The molecule has 0 saturated carbocycles. The van der Waals surface area contributed by atoms with Crippen molar-refractivity contribution in [1.29, 1.82) is 0 Å². The Labute approximate surface area is 204 Å². The number of amides is 2. The van der Waals surface area contributed by atoms with Crippen LogP contribution in [0.3, 0.4) is 0 Å². The van der Waals surface area contributed by atoms with Gasteiger partial charge in [0.1, 0.15) is 11.1 Å². The van der Waals surface area contributed by atoms with Gasteiger partial charge < -0.3 is 5.32 Å². The fraction of sp³-hybridized carbons (Fsp3) is 0.160. The second-order valence-electron chi connectivity index (χ2n) is 7.46. The van der Waals surface area contributed by atoms with E-state index in [1.54, 1.807) is 29.2 Å². The first-order chi connectivity index (χ1) is 16.0. The molecular weight excluding hydrogens is 505 g/mol. The van der Waals surface area contributed by atoms with Crippen molar-refractivity contribution < 1.29 is 14.0 Å². The highest BCUT2D eigenvalue weighted by Gasteiger charge is 2.35. The molecule has 1 heterocycles. The van der Waals surface area contributed by atoms with E-state index < -0.39 is 5.25 Å². The van der Waals surface area contributed by atoms with Crippen LogP contribution in [-0.2, 0) is 16.0 Å². The summed E-state index contributed by atoms with van der Waals surface area (Å²) < 4.78 is 14.2. The Morgan fingerprint density at radius 1 is 1.06 bits per heavy atom. The van der Waals surface area contributed by atoms with Crippen molar-refractivity contribution in [3.63, 3.8) is 0 Å². The number of amidine groups is 1. The third-order valence-corrected chi connectivity index (χ3v) is 6.78. The zero-order valence-electron chi connectivity index (χ0n) is 17.6. The van der Waals surface area contributed by atoms with Crippen LogP contribution in [0.15, 0.2) is 88.3 Å². The Kier molecular flexibility index (Phi) is 7.57. The van der Waals surface area contributed by atoms with Crippen LogP contribution in [-0.4, -0.2) is 33.7 Å². The predicted molar refractivity (Wildman–Crippen MR) is 134 cm³/mol. The lowest BCUT2D eigenvalue weighted by molar-refractivity contribution is -0.129. The van der Waals surface area contributed by atoms with Gasteiger partial charge in [-0.25, -0.2) is 9.38 Å². The van der Waals surface area contributed by atoms with Crippen LogP contribution >= 0.6 is 27.7 Å². The van der Waals surface area contributed by atoms with Gasteiger partial charge in [-0.1, -0.05) is 58.0 Å². The molecule has 0 radical (unpaired) electrons. The van der Waals surface area contributed by atoms with Crippen molar-refractivity contribution in [3.05, 3.63) is 94.7 Å². The van der Waals surface area contributed by atoms with Gasteiger partial charge in [-0.3, -0.25) is 14.5 Å². The molecule has 8 heteroatoms. The second kappa shape index (κ2) is 10.8. The minimum Gasteiger partial charge on any atom is -0.325 e. The average Bonchev–Trinajstić information content (AvgIpc) is 2.82. The highest BCUT2D eigenvalue weighted by Crippen LogP contribution is 2.30. The topological polar surface area (TPSA) is 61.8 Å². The number of carbonyl (C=O) groups is 2. The molecule has 3 aromatic rings. The SMILES string of the molecule is O=C(Nc1ccc(Br)cc1)C1CC(=O)N(CCc2ccccc2)C(=Nc2ccc(F)cc2)S1. The van der Waals surface area contributed by atoms with Crippen molar-refractivity contribution in [2.45, 2.75) is 18.1 Å². The zero-order valence-corrected chi connectivity index (χ0v) is 20.0. The van der Waals surface area contributed by atoms with Gasteiger partial charge in [-0.15, -0.1) is 0 Å². The maximum atomic E-state index is 13.3. The monoisotopic (exact) mass is 525 g/mol. The van der Waals surface area contributed by atoms with Crippen molar-refractivity contribution in [2.75, 3.05) is 11.9 Å². The molecule has 3 aromatic carbocycles. The lowest BCUT2D eigenvalue weighted by Crippen LogP contribution is -2.46. The first-order valence-corrected chi connectivity index (χ1v) is 12.1. The quantitative estimate of drug-likeness (QED) is 0.442. The molecule has 0 spiro atoms. The predicted octanol–water partition coefficient (Wildman–Crippen LogP) is 5.79. The van der Waals surface area contributed by atoms with Crippen LogP contribution in [0.1, 0.15) is 12.0 Å². The van der Waals surface area contributed by atoms with Crippen LogP contribution in [0.5, 0.6) is 0 Å². The van der Waals surface area contributed by atoms with Crippen LogP contribution < -0.4 is 5.32 Å². The standard InChI is InChI=1S/C25H21BrFN3O2S/c26-18-6-10-20(11-7-18)28-24(32)22-16-23(31)30(15-14-17-4-2-1-3-5-17)25(33-22)29-21-12-8-19(27)9-13-21/h1-13,22H,14-16H2,(H,28,32). The second-order valence-corrected chi connectivity index (χ2v) is 9.54. The number of hydrogen-bond donors (Lipinski definition) is 1. The minimum absolute atomic E-state index is 0.0737. The third-order valence-electron chi connectivity index (χ3n) is 5.06. The number of benzene rings is 3. The number of carbonyl (C=O) groups excluding carboxylic acids is 2. The van der Waals surface area contributed by atoms with E-state index in [2.05, 4.69) is 26.2 Å². The smallest absolute Gasteiger partial charge is 0.238 e. The van der Waals surface area contributed by atoms with Crippen molar-refractivity contribution in [2.24, 2.45) is 4.99 Å². The number of thioether (sulfide) groups is 1. The lowest BCUT2D eigenvalue weighted by atomic mass is 10.1. The lowest BCUT2D eigenvalue weighted by Gasteiger charge is -2.32. The van der Waals surface area contributed by atoms with Gasteiger partial charge in [0.2, 0.25) is 11.8 Å².